The number of hydrogen-bond donors (Lipinski definition) is 3. The van der Waals surface area contributed by atoms with Crippen LogP contribution < -0.4 is 9.97 Å². The van der Waals surface area contributed by atoms with Gasteiger partial charge in [0.2, 0.25) is 0 Å². The Kier molecular flexibility index (Phi) is 6.72. The number of para-hydroxylation sites is 3. The largest absolute Gasteiger partial charge is 0.707 e. The smallest absolute Gasteiger partial charge is 0.512 e. The van der Waals surface area contributed by atoms with Gasteiger partial charge in [-0.3, -0.25) is 0 Å². The summed E-state index contributed by atoms with van der Waals surface area (Å²) >= 11 is 0. The SMILES string of the molecule is OB(O)Oc1ccccc1.c1ccc(Nc2ccccc2)cc1. The fraction of sp³-hybridized carbons (Fsp3) is 0. The Morgan fingerprint density at radius 1 is 0.609 bits per heavy atom. The van der Waals surface area contributed by atoms with Crippen LogP contribution in [-0.4, -0.2) is 17.4 Å². The summed E-state index contributed by atoms with van der Waals surface area (Å²) < 4.78 is 4.53. The molecule has 3 aromatic rings. The Morgan fingerprint density at radius 3 is 1.39 bits per heavy atom. The first-order valence-corrected chi connectivity index (χ1v) is 7.19. The van der Waals surface area contributed by atoms with Gasteiger partial charge < -0.3 is 20.0 Å². The van der Waals surface area contributed by atoms with Crippen LogP contribution >= 0.6 is 0 Å². The third-order valence-electron chi connectivity index (χ3n) is 2.82. The van der Waals surface area contributed by atoms with Crippen molar-refractivity contribution in [1.82, 2.24) is 0 Å². The van der Waals surface area contributed by atoms with Gasteiger partial charge in [0.1, 0.15) is 5.75 Å². The Labute approximate surface area is 136 Å². The lowest BCUT2D eigenvalue weighted by molar-refractivity contribution is 0.288. The molecule has 3 rings (SSSR count). The molecule has 0 bridgehead atoms. The highest BCUT2D eigenvalue weighted by Gasteiger charge is 2.09. The second-order valence-corrected chi connectivity index (χ2v) is 4.61. The molecule has 0 atom stereocenters. The molecule has 5 heteroatoms. The molecule has 0 radical (unpaired) electrons. The average Bonchev–Trinajstić information content (AvgIpc) is 2.58. The van der Waals surface area contributed by atoms with Crippen molar-refractivity contribution in [3.63, 3.8) is 0 Å². The molecule has 0 aliphatic heterocycles. The molecular weight excluding hydrogens is 289 g/mol. The van der Waals surface area contributed by atoms with Gasteiger partial charge in [-0.15, -0.1) is 0 Å². The van der Waals surface area contributed by atoms with Gasteiger partial charge >= 0.3 is 7.32 Å². The molecule has 23 heavy (non-hydrogen) atoms. The topological polar surface area (TPSA) is 61.7 Å². The predicted molar refractivity (Wildman–Crippen MR) is 93.4 cm³/mol. The molecule has 3 N–H and O–H groups in total. The van der Waals surface area contributed by atoms with E-state index in [9.17, 15) is 0 Å². The summed E-state index contributed by atoms with van der Waals surface area (Å²) in [5.74, 6) is 0.442. The summed E-state index contributed by atoms with van der Waals surface area (Å²) in [4.78, 5) is 0. The number of benzene rings is 3. The van der Waals surface area contributed by atoms with Crippen molar-refractivity contribution in [2.24, 2.45) is 0 Å². The number of hydrogen-bond acceptors (Lipinski definition) is 4. The molecular formula is C18H18BNO3. The van der Waals surface area contributed by atoms with Gasteiger partial charge in [0.05, 0.1) is 0 Å². The molecule has 0 unspecified atom stereocenters. The van der Waals surface area contributed by atoms with Gasteiger partial charge in [0, 0.05) is 11.4 Å². The highest BCUT2D eigenvalue weighted by molar-refractivity contribution is 6.33. The minimum absolute atomic E-state index is 0.442. The van der Waals surface area contributed by atoms with Crippen LogP contribution in [0.15, 0.2) is 91.0 Å². The minimum atomic E-state index is -1.73. The maximum Gasteiger partial charge on any atom is 0.707 e. The van der Waals surface area contributed by atoms with Crippen molar-refractivity contribution < 1.29 is 14.7 Å². The highest BCUT2D eigenvalue weighted by Crippen LogP contribution is 2.14. The molecule has 0 aromatic heterocycles. The summed E-state index contributed by atoms with van der Waals surface area (Å²) in [6.07, 6.45) is 0. The van der Waals surface area contributed by atoms with Crippen LogP contribution in [0.1, 0.15) is 0 Å². The van der Waals surface area contributed by atoms with E-state index in [4.69, 9.17) is 10.0 Å². The van der Waals surface area contributed by atoms with E-state index in [-0.39, 0.29) is 0 Å². The second-order valence-electron chi connectivity index (χ2n) is 4.61. The monoisotopic (exact) mass is 307 g/mol. The minimum Gasteiger partial charge on any atom is -0.512 e. The normalized spacial score (nSPS) is 9.30. The molecule has 0 saturated heterocycles. The van der Waals surface area contributed by atoms with E-state index >= 15 is 0 Å². The summed E-state index contributed by atoms with van der Waals surface area (Å²) in [6, 6.07) is 28.9. The number of nitrogens with one attached hydrogen (secondary N) is 1. The molecule has 0 spiro atoms. The predicted octanol–water partition coefficient (Wildman–Crippen LogP) is 3.47. The standard InChI is InChI=1S/C12H11N.C6H7BO3/c1-3-7-11(8-4-1)13-12-9-5-2-6-10-12;8-7(9)10-6-4-2-1-3-5-6/h1-10,13H;1-5,8-9H. The zero-order valence-electron chi connectivity index (χ0n) is 12.5. The van der Waals surface area contributed by atoms with Crippen molar-refractivity contribution in [3.05, 3.63) is 91.0 Å². The summed E-state index contributed by atoms with van der Waals surface area (Å²) in [6.45, 7) is 0. The van der Waals surface area contributed by atoms with E-state index in [0.29, 0.717) is 5.75 Å². The van der Waals surface area contributed by atoms with Gasteiger partial charge in [0.25, 0.3) is 0 Å². The first-order chi connectivity index (χ1) is 11.2. The molecule has 0 amide bonds. The lowest BCUT2D eigenvalue weighted by Gasteiger charge is -2.04. The van der Waals surface area contributed by atoms with Crippen LogP contribution in [0.3, 0.4) is 0 Å². The van der Waals surface area contributed by atoms with E-state index in [1.165, 1.54) is 0 Å². The first kappa shape index (κ1) is 16.6. The van der Waals surface area contributed by atoms with Gasteiger partial charge in [0.15, 0.2) is 0 Å². The molecule has 0 heterocycles. The van der Waals surface area contributed by atoms with Crippen LogP contribution in [0.25, 0.3) is 0 Å². The van der Waals surface area contributed by atoms with Gasteiger partial charge in [-0.2, -0.15) is 0 Å². The third kappa shape index (κ3) is 6.69. The Hall–Kier alpha value is -2.76. The van der Waals surface area contributed by atoms with Crippen LogP contribution in [0.5, 0.6) is 5.75 Å². The van der Waals surface area contributed by atoms with Gasteiger partial charge in [-0.1, -0.05) is 54.6 Å². The van der Waals surface area contributed by atoms with Gasteiger partial charge in [-0.25, -0.2) is 0 Å². The number of rotatable bonds is 4. The fourth-order valence-electron chi connectivity index (χ4n) is 1.83. The quantitative estimate of drug-likeness (QED) is 0.646. The summed E-state index contributed by atoms with van der Waals surface area (Å²) in [5, 5.41) is 20.0. The Balaban J connectivity index is 0.000000174. The lowest BCUT2D eigenvalue weighted by atomic mass is 10.2. The Bertz CT molecular complexity index is 626. The fourth-order valence-corrected chi connectivity index (χ4v) is 1.83. The van der Waals surface area contributed by atoms with E-state index in [1.54, 1.807) is 24.3 Å². The Morgan fingerprint density at radius 2 is 1.00 bits per heavy atom. The molecule has 116 valence electrons. The maximum absolute atomic E-state index is 8.34. The maximum atomic E-state index is 8.34. The lowest BCUT2D eigenvalue weighted by Crippen LogP contribution is -2.20. The first-order valence-electron chi connectivity index (χ1n) is 7.19. The van der Waals surface area contributed by atoms with Crippen molar-refractivity contribution in [2.45, 2.75) is 0 Å². The third-order valence-corrected chi connectivity index (χ3v) is 2.82. The van der Waals surface area contributed by atoms with Crippen LogP contribution in [-0.2, 0) is 0 Å². The van der Waals surface area contributed by atoms with E-state index in [2.05, 4.69) is 9.97 Å². The second kappa shape index (κ2) is 9.30. The molecule has 0 saturated carbocycles. The zero-order valence-corrected chi connectivity index (χ0v) is 12.5. The van der Waals surface area contributed by atoms with Crippen LogP contribution in [0, 0.1) is 0 Å². The van der Waals surface area contributed by atoms with E-state index in [0.717, 1.165) is 11.4 Å². The van der Waals surface area contributed by atoms with Crippen molar-refractivity contribution in [2.75, 3.05) is 5.32 Å². The molecule has 0 aliphatic rings. The van der Waals surface area contributed by atoms with Gasteiger partial charge in [-0.05, 0) is 36.4 Å². The molecule has 0 fully saturated rings. The highest BCUT2D eigenvalue weighted by atomic mass is 16.6. The average molecular weight is 307 g/mol. The molecule has 3 aromatic carbocycles. The summed E-state index contributed by atoms with van der Waals surface area (Å²) in [7, 11) is -1.73. The van der Waals surface area contributed by atoms with Crippen molar-refractivity contribution >= 4 is 18.7 Å². The molecule has 4 nitrogen and oxygen atoms in total. The van der Waals surface area contributed by atoms with Crippen molar-refractivity contribution in [1.29, 1.82) is 0 Å². The van der Waals surface area contributed by atoms with Crippen LogP contribution in [0.4, 0.5) is 11.4 Å². The van der Waals surface area contributed by atoms with Crippen LogP contribution in [0.2, 0.25) is 0 Å². The van der Waals surface area contributed by atoms with E-state index < -0.39 is 7.32 Å². The summed E-state index contributed by atoms with van der Waals surface area (Å²) in [5.41, 5.74) is 2.24. The zero-order chi connectivity index (χ0) is 16.3. The molecule has 0 aliphatic carbocycles. The van der Waals surface area contributed by atoms with E-state index in [1.807, 2.05) is 66.7 Å². The van der Waals surface area contributed by atoms with Crippen molar-refractivity contribution in [3.8, 4) is 5.75 Å². The number of anilines is 2.